The third-order valence-corrected chi connectivity index (χ3v) is 7.02. The summed E-state index contributed by atoms with van der Waals surface area (Å²) in [6.07, 6.45) is 0.646. The van der Waals surface area contributed by atoms with Gasteiger partial charge in [-0.1, -0.05) is 5.16 Å². The van der Waals surface area contributed by atoms with Crippen molar-refractivity contribution in [3.63, 3.8) is 0 Å². The predicted molar refractivity (Wildman–Crippen MR) is 117 cm³/mol. The van der Waals surface area contributed by atoms with Crippen LogP contribution in [0.4, 0.5) is 0 Å². The summed E-state index contributed by atoms with van der Waals surface area (Å²) in [6.45, 7) is 12.4. The van der Waals surface area contributed by atoms with Crippen LogP contribution < -0.4 is 5.32 Å². The molecule has 3 aliphatic rings. The Kier molecular flexibility index (Phi) is 7.17. The van der Waals surface area contributed by atoms with Gasteiger partial charge in [-0.25, -0.2) is 0 Å². The van der Waals surface area contributed by atoms with Crippen LogP contribution in [-0.4, -0.2) is 84.4 Å². The van der Waals surface area contributed by atoms with Crippen molar-refractivity contribution in [2.24, 2.45) is 11.8 Å². The van der Waals surface area contributed by atoms with Crippen LogP contribution in [0.5, 0.6) is 0 Å². The number of aromatic nitrogens is 1. The fourth-order valence-corrected chi connectivity index (χ4v) is 5.46. The molecule has 0 saturated carbocycles. The number of nitrogens with zero attached hydrogens (tertiary/aromatic N) is 3. The molecule has 32 heavy (non-hydrogen) atoms. The summed E-state index contributed by atoms with van der Waals surface area (Å²) in [5.41, 5.74) is 2.00. The largest absolute Gasteiger partial charge is 0.378 e. The van der Waals surface area contributed by atoms with Crippen LogP contribution in [0.2, 0.25) is 0 Å². The first kappa shape index (κ1) is 23.2. The minimum absolute atomic E-state index is 0.0631. The highest BCUT2D eigenvalue weighted by Crippen LogP contribution is 2.42. The van der Waals surface area contributed by atoms with Crippen LogP contribution in [0.25, 0.3) is 0 Å². The summed E-state index contributed by atoms with van der Waals surface area (Å²) in [6, 6.07) is 0.291. The maximum atomic E-state index is 12.9. The number of carbonyl (C=O) groups is 2. The quantitative estimate of drug-likeness (QED) is 0.671. The highest BCUT2D eigenvalue weighted by atomic mass is 16.5. The van der Waals surface area contributed by atoms with Gasteiger partial charge in [0.15, 0.2) is 0 Å². The Balaban J connectivity index is 1.48. The molecule has 0 radical (unpaired) electrons. The molecule has 0 aromatic carbocycles. The Hall–Kier alpha value is -1.97. The van der Waals surface area contributed by atoms with Gasteiger partial charge in [-0.15, -0.1) is 0 Å². The van der Waals surface area contributed by atoms with Gasteiger partial charge >= 0.3 is 0 Å². The van der Waals surface area contributed by atoms with E-state index in [1.807, 2.05) is 32.6 Å². The van der Waals surface area contributed by atoms with Crippen LogP contribution in [0.3, 0.4) is 0 Å². The lowest BCUT2D eigenvalue weighted by Crippen LogP contribution is -2.43. The Morgan fingerprint density at radius 1 is 1.19 bits per heavy atom. The minimum Gasteiger partial charge on any atom is -0.378 e. The highest BCUT2D eigenvalue weighted by Gasteiger charge is 2.51. The molecule has 3 fully saturated rings. The van der Waals surface area contributed by atoms with Crippen molar-refractivity contribution in [2.45, 2.75) is 65.3 Å². The molecule has 178 valence electrons. The minimum atomic E-state index is -0.165. The highest BCUT2D eigenvalue weighted by molar-refractivity contribution is 5.77. The second kappa shape index (κ2) is 9.89. The topological polar surface area (TPSA) is 97.1 Å². The molecule has 4 heterocycles. The predicted octanol–water partition coefficient (Wildman–Crippen LogP) is 1.27. The molecule has 4 atom stereocenters. The van der Waals surface area contributed by atoms with Gasteiger partial charge in [-0.3, -0.25) is 14.5 Å². The van der Waals surface area contributed by atoms with E-state index in [9.17, 15) is 9.59 Å². The first-order valence-corrected chi connectivity index (χ1v) is 11.8. The van der Waals surface area contributed by atoms with Crippen molar-refractivity contribution in [1.82, 2.24) is 20.3 Å². The summed E-state index contributed by atoms with van der Waals surface area (Å²) in [5, 5.41) is 7.12. The van der Waals surface area contributed by atoms with Crippen LogP contribution in [-0.2, 0) is 25.6 Å². The molecule has 1 aromatic heterocycles. The molecule has 1 N–H and O–H groups in total. The smallest absolute Gasteiger partial charge is 0.225 e. The molecule has 9 heteroatoms. The lowest BCUT2D eigenvalue weighted by atomic mass is 9.84. The van der Waals surface area contributed by atoms with Gasteiger partial charge in [0.1, 0.15) is 5.76 Å². The average Bonchev–Trinajstić information content (AvgIpc) is 3.40. The van der Waals surface area contributed by atoms with Crippen molar-refractivity contribution in [2.75, 3.05) is 39.5 Å². The van der Waals surface area contributed by atoms with Crippen molar-refractivity contribution in [1.29, 1.82) is 0 Å². The van der Waals surface area contributed by atoms with Crippen molar-refractivity contribution >= 4 is 11.8 Å². The summed E-state index contributed by atoms with van der Waals surface area (Å²) >= 11 is 0. The zero-order valence-electron chi connectivity index (χ0n) is 19.6. The zero-order valence-corrected chi connectivity index (χ0v) is 19.6. The van der Waals surface area contributed by atoms with E-state index in [1.54, 1.807) is 0 Å². The summed E-state index contributed by atoms with van der Waals surface area (Å²) in [7, 11) is 0. The number of amides is 2. The van der Waals surface area contributed by atoms with Gasteiger partial charge in [-0.2, -0.15) is 0 Å². The number of likely N-dealkylation sites (tertiary alicyclic amines) is 1. The maximum Gasteiger partial charge on any atom is 0.225 e. The van der Waals surface area contributed by atoms with E-state index in [4.69, 9.17) is 14.0 Å². The maximum absolute atomic E-state index is 12.9. The molecule has 9 nitrogen and oxygen atoms in total. The molecule has 3 saturated heterocycles. The van der Waals surface area contributed by atoms with Gasteiger partial charge in [0.25, 0.3) is 0 Å². The van der Waals surface area contributed by atoms with E-state index in [2.05, 4.69) is 15.4 Å². The first-order chi connectivity index (χ1) is 15.3. The summed E-state index contributed by atoms with van der Waals surface area (Å²) in [5.74, 6) is 1.31. The number of nitrogens with one attached hydrogen (secondary N) is 1. The number of fused-ring (bicyclic) bond motifs is 1. The third-order valence-electron chi connectivity index (χ3n) is 7.02. The Bertz CT molecular complexity index is 800. The average molecular weight is 449 g/mol. The van der Waals surface area contributed by atoms with Gasteiger partial charge in [-0.05, 0) is 33.6 Å². The zero-order chi connectivity index (χ0) is 22.8. The van der Waals surface area contributed by atoms with Crippen LogP contribution in [0.1, 0.15) is 43.7 Å². The normalized spacial score (nSPS) is 28.3. The monoisotopic (exact) mass is 448 g/mol. The Labute approximate surface area is 189 Å². The van der Waals surface area contributed by atoms with E-state index in [0.29, 0.717) is 45.8 Å². The fourth-order valence-electron chi connectivity index (χ4n) is 5.46. The lowest BCUT2D eigenvalue weighted by Gasteiger charge is -2.29. The van der Waals surface area contributed by atoms with Crippen molar-refractivity contribution in [3.8, 4) is 0 Å². The van der Waals surface area contributed by atoms with E-state index in [1.165, 1.54) is 0 Å². The second-order valence-electron chi connectivity index (χ2n) is 9.63. The molecular weight excluding hydrogens is 412 g/mol. The summed E-state index contributed by atoms with van der Waals surface area (Å²) < 4.78 is 16.9. The number of hydrogen-bond acceptors (Lipinski definition) is 7. The number of aryl methyl sites for hydroxylation is 2. The number of morpholine rings is 1. The van der Waals surface area contributed by atoms with Gasteiger partial charge < -0.3 is 24.2 Å². The van der Waals surface area contributed by atoms with Gasteiger partial charge in [0.05, 0.1) is 38.0 Å². The van der Waals surface area contributed by atoms with Gasteiger partial charge in [0, 0.05) is 56.2 Å². The molecular formula is C23H36N4O5. The molecule has 2 amide bonds. The standard InChI is InChI=1S/C23H36N4O5/c1-14(2)24-21(28)9-17-11-27(12-18-15(3)25-32-16(18)4)19-13-31-20(23(17)19)10-22(29)26-5-7-30-8-6-26/h14,17,19-20,23H,5-13H2,1-4H3,(H,24,28)/t17-,19-,20+,23-/m1/s1. The Morgan fingerprint density at radius 2 is 1.94 bits per heavy atom. The van der Waals surface area contributed by atoms with Gasteiger partial charge in [0.2, 0.25) is 11.8 Å². The summed E-state index contributed by atoms with van der Waals surface area (Å²) in [4.78, 5) is 29.8. The molecule has 0 spiro atoms. The molecule has 4 rings (SSSR count). The SMILES string of the molecule is Cc1noc(C)c1CN1C[C@@H](CC(=O)NC(C)C)[C@H]2[C@H](CC(=O)N3CCOCC3)OC[C@H]21. The molecule has 1 aromatic rings. The van der Waals surface area contributed by atoms with Crippen molar-refractivity contribution in [3.05, 3.63) is 17.0 Å². The van der Waals surface area contributed by atoms with E-state index in [0.717, 1.165) is 30.1 Å². The fraction of sp³-hybridized carbons (Fsp3) is 0.783. The van der Waals surface area contributed by atoms with Crippen LogP contribution >= 0.6 is 0 Å². The number of ether oxygens (including phenoxy) is 2. The lowest BCUT2D eigenvalue weighted by molar-refractivity contribution is -0.138. The molecule has 3 aliphatic heterocycles. The van der Waals surface area contributed by atoms with E-state index in [-0.39, 0.29) is 41.8 Å². The van der Waals surface area contributed by atoms with Crippen LogP contribution in [0, 0.1) is 25.7 Å². The van der Waals surface area contributed by atoms with E-state index < -0.39 is 0 Å². The van der Waals surface area contributed by atoms with Crippen LogP contribution in [0.15, 0.2) is 4.52 Å². The number of carbonyl (C=O) groups excluding carboxylic acids is 2. The molecule has 0 bridgehead atoms. The number of rotatable bonds is 7. The van der Waals surface area contributed by atoms with E-state index >= 15 is 0 Å². The second-order valence-corrected chi connectivity index (χ2v) is 9.63. The molecule has 0 unspecified atom stereocenters. The number of hydrogen-bond donors (Lipinski definition) is 1. The Morgan fingerprint density at radius 3 is 2.59 bits per heavy atom. The first-order valence-electron chi connectivity index (χ1n) is 11.8. The van der Waals surface area contributed by atoms with Crippen molar-refractivity contribution < 1.29 is 23.6 Å². The molecule has 0 aliphatic carbocycles. The third kappa shape index (κ3) is 5.00.